The molecule has 2 aliphatic heterocycles. The average molecular weight is 631 g/mol. The predicted octanol–water partition coefficient (Wildman–Crippen LogP) is 0.965. The van der Waals surface area contributed by atoms with Crippen LogP contribution >= 0.6 is 0 Å². The second kappa shape index (κ2) is 20.7. The van der Waals surface area contributed by atoms with Crippen LogP contribution in [0, 0.1) is 37.3 Å². The first-order valence-electron chi connectivity index (χ1n) is 13.6. The number of piperidine rings is 1. The third-order valence-corrected chi connectivity index (χ3v) is 7.05. The van der Waals surface area contributed by atoms with E-state index in [0.29, 0.717) is 18.7 Å². The maximum atomic E-state index is 13.3. The zero-order chi connectivity index (χ0) is 28.4. The number of likely N-dealkylation sites (tertiary alicyclic amines) is 1. The number of benzene rings is 3. The maximum Gasteiger partial charge on any atom is 1.00 e. The van der Waals surface area contributed by atoms with E-state index in [9.17, 15) is 13.6 Å². The number of halogens is 2. The van der Waals surface area contributed by atoms with Gasteiger partial charge in [-0.15, -0.1) is 6.42 Å². The zero-order valence-corrected chi connectivity index (χ0v) is 32.0. The molecule has 43 heavy (non-hydrogen) atoms. The minimum Gasteiger partial charge on any atom is -0.376 e. The summed E-state index contributed by atoms with van der Waals surface area (Å²) in [5.74, 6) is -2.81. The molecule has 0 amide bonds. The number of carbonyl (C=O) groups excluding carboxylic acids is 1. The molecule has 2 aliphatic rings. The smallest absolute Gasteiger partial charge is 0.376 e. The van der Waals surface area contributed by atoms with E-state index in [4.69, 9.17) is 5.26 Å². The molecule has 1 saturated heterocycles. The van der Waals surface area contributed by atoms with Crippen LogP contribution in [-0.4, -0.2) is 42.3 Å². The maximum absolute atomic E-state index is 13.3. The first kappa shape index (κ1) is 40.6. The Hall–Kier alpha value is -0.387. The summed E-state index contributed by atoms with van der Waals surface area (Å²) in [7, 11) is 0. The van der Waals surface area contributed by atoms with Crippen LogP contribution in [0.2, 0.25) is 0 Å². The molecule has 0 bridgehead atoms. The van der Waals surface area contributed by atoms with Gasteiger partial charge in [0.05, 0.1) is 17.9 Å². The van der Waals surface area contributed by atoms with Gasteiger partial charge in [-0.3, -0.25) is 11.6 Å². The van der Waals surface area contributed by atoms with Crippen molar-refractivity contribution in [1.29, 1.82) is 5.26 Å². The minimum atomic E-state index is -2.81. The molecule has 4 nitrogen and oxygen atoms in total. The third-order valence-electron chi connectivity index (χ3n) is 7.05. The van der Waals surface area contributed by atoms with Gasteiger partial charge in [-0.2, -0.15) is 35.8 Å². The molecule has 0 saturated carbocycles. The molecule has 0 spiro atoms. The second-order valence-corrected chi connectivity index (χ2v) is 10.2. The normalized spacial score (nSPS) is 15.2. The molecule has 3 aromatic carbocycles. The van der Waals surface area contributed by atoms with Gasteiger partial charge in [-0.25, -0.2) is 14.8 Å². The topological polar surface area (TPSA) is 47.3 Å². The van der Waals surface area contributed by atoms with Crippen molar-refractivity contribution in [2.45, 2.75) is 45.2 Å². The van der Waals surface area contributed by atoms with Gasteiger partial charge < -0.3 is 40.1 Å². The van der Waals surface area contributed by atoms with E-state index in [-0.39, 0.29) is 116 Å². The van der Waals surface area contributed by atoms with E-state index in [1.807, 2.05) is 18.4 Å². The molecule has 5 rings (SSSR count). The molecule has 216 valence electrons. The van der Waals surface area contributed by atoms with Crippen LogP contribution in [0.3, 0.4) is 0 Å². The molecule has 0 radical (unpaired) electrons. The van der Waals surface area contributed by atoms with Gasteiger partial charge in [0.15, 0.2) is 0 Å². The molecular formula is C35H36F2K2N3O-3. The first-order valence-corrected chi connectivity index (χ1v) is 13.6. The Kier molecular flexibility index (Phi) is 19.5. The Morgan fingerprint density at radius 3 is 2.14 bits per heavy atom. The van der Waals surface area contributed by atoms with Crippen LogP contribution in [-0.2, 0) is 23.8 Å². The van der Waals surface area contributed by atoms with E-state index in [1.165, 1.54) is 43.6 Å². The molecule has 0 aromatic heterocycles. The van der Waals surface area contributed by atoms with Crippen molar-refractivity contribution in [3.63, 3.8) is 0 Å². The molecule has 0 N–H and O–H groups in total. The summed E-state index contributed by atoms with van der Waals surface area (Å²) in [5, 5.41) is 8.69. The fraction of sp³-hybridized carbons (Fsp3) is 0.314. The van der Waals surface area contributed by atoms with Gasteiger partial charge >= 0.3 is 103 Å². The Morgan fingerprint density at radius 2 is 1.56 bits per heavy atom. The van der Waals surface area contributed by atoms with Crippen LogP contribution in [0.5, 0.6) is 0 Å². The fourth-order valence-corrected chi connectivity index (χ4v) is 4.81. The summed E-state index contributed by atoms with van der Waals surface area (Å²) in [5.41, 5.74) is 5.41. The van der Waals surface area contributed by atoms with E-state index >= 15 is 0 Å². The Bertz CT molecular complexity index is 1330. The summed E-state index contributed by atoms with van der Waals surface area (Å²) in [4.78, 5) is 15.5. The molecule has 2 heterocycles. The quantitative estimate of drug-likeness (QED) is 0.289. The van der Waals surface area contributed by atoms with Crippen molar-refractivity contribution < 1.29 is 116 Å². The van der Waals surface area contributed by atoms with Crippen LogP contribution < -0.4 is 103 Å². The molecule has 0 unspecified atom stereocenters. The summed E-state index contributed by atoms with van der Waals surface area (Å²) in [6.07, 6.45) is 10.8. The minimum absolute atomic E-state index is 0. The van der Waals surface area contributed by atoms with Gasteiger partial charge in [0, 0.05) is 25.6 Å². The largest absolute Gasteiger partial charge is 1.00 e. The van der Waals surface area contributed by atoms with Crippen molar-refractivity contribution in [3.8, 4) is 6.07 Å². The number of nitriles is 1. The molecule has 0 aliphatic carbocycles. The van der Waals surface area contributed by atoms with Gasteiger partial charge in [-0.1, -0.05) is 36.4 Å². The van der Waals surface area contributed by atoms with Crippen LogP contribution in [0.25, 0.3) is 5.57 Å². The summed E-state index contributed by atoms with van der Waals surface area (Å²) in [6.45, 7) is 6.47. The van der Waals surface area contributed by atoms with Gasteiger partial charge in [0.2, 0.25) is 0 Å². The van der Waals surface area contributed by atoms with Crippen molar-refractivity contribution in [2.24, 2.45) is 0 Å². The number of hydrogen-bond donors (Lipinski definition) is 0. The number of hydrogen-bond acceptors (Lipinski definition) is 4. The molecule has 0 atom stereocenters. The Balaban J connectivity index is 0.000000445. The van der Waals surface area contributed by atoms with Gasteiger partial charge in [-0.05, 0) is 49.4 Å². The first-order chi connectivity index (χ1) is 19.3. The molecule has 3 aromatic rings. The molecular weight excluding hydrogens is 595 g/mol. The van der Waals surface area contributed by atoms with Crippen LogP contribution in [0.1, 0.15) is 59.6 Å². The Morgan fingerprint density at radius 1 is 0.953 bits per heavy atom. The van der Waals surface area contributed by atoms with Crippen LogP contribution in [0.4, 0.5) is 8.78 Å². The van der Waals surface area contributed by atoms with Crippen molar-refractivity contribution in [2.75, 3.05) is 26.2 Å². The SMILES string of the molecule is CC(F)(F)c1ccc(CN2CC[C-]=C(c3[c-]ccc([C-]=O)c3)C2)cc1.N#Cc1ccc(CN2CC[CH-]CC2)cc1.[CH3-].[K+].[K+]. The number of nitrogens with zero attached hydrogens (tertiary/aromatic N) is 3. The van der Waals surface area contributed by atoms with E-state index in [2.05, 4.69) is 46.6 Å². The summed E-state index contributed by atoms with van der Waals surface area (Å²) >= 11 is 0. The Labute approximate surface area is 341 Å². The van der Waals surface area contributed by atoms with Gasteiger partial charge in [0.25, 0.3) is 5.92 Å². The average Bonchev–Trinajstić information content (AvgIpc) is 2.98. The van der Waals surface area contributed by atoms with Crippen molar-refractivity contribution >= 4 is 11.9 Å². The van der Waals surface area contributed by atoms with Crippen LogP contribution in [0.15, 0.2) is 66.7 Å². The third kappa shape index (κ3) is 13.5. The standard InChI is InChI=1S/C21H18F2NO.C13H15N2.CH3.2K/c1-21(22,23)20-9-7-16(8-10-20)13-24-11-3-6-19(14-24)18-5-2-4-17(12-18)15-25;14-10-12-4-6-13(7-5-12)11-15-8-2-1-3-9-15;;;/h2,4,7-10,12H,3,11,13-14H2,1H3;1,4-7H,2-3,8-9,11H2;1H3;;/q-3;2*-1;2*+1. The number of alkyl halides is 2. The predicted molar refractivity (Wildman–Crippen MR) is 159 cm³/mol. The van der Waals surface area contributed by atoms with E-state index in [0.717, 1.165) is 48.7 Å². The monoisotopic (exact) mass is 630 g/mol. The fourth-order valence-electron chi connectivity index (χ4n) is 4.81. The van der Waals surface area contributed by atoms with Crippen molar-refractivity contribution in [3.05, 3.63) is 126 Å². The zero-order valence-electron chi connectivity index (χ0n) is 25.8. The second-order valence-electron chi connectivity index (χ2n) is 10.2. The van der Waals surface area contributed by atoms with E-state index < -0.39 is 5.92 Å². The summed E-state index contributed by atoms with van der Waals surface area (Å²) < 4.78 is 26.6. The van der Waals surface area contributed by atoms with Gasteiger partial charge in [0.1, 0.15) is 0 Å². The van der Waals surface area contributed by atoms with E-state index in [1.54, 1.807) is 30.3 Å². The number of rotatable bonds is 7. The molecule has 8 heteroatoms. The summed E-state index contributed by atoms with van der Waals surface area (Å²) in [6, 6.07) is 24.8. The molecule has 1 fully saturated rings. The van der Waals surface area contributed by atoms with Crippen molar-refractivity contribution in [1.82, 2.24) is 9.80 Å².